The van der Waals surface area contributed by atoms with Gasteiger partial charge >= 0.3 is 0 Å². The molecule has 0 saturated carbocycles. The van der Waals surface area contributed by atoms with Crippen LogP contribution in [-0.2, 0) is 19.4 Å². The van der Waals surface area contributed by atoms with Crippen LogP contribution in [0.4, 0.5) is 0 Å². The molecule has 2 saturated heterocycles. The molecule has 0 spiro atoms. The van der Waals surface area contributed by atoms with E-state index < -0.39 is 33.9 Å². The van der Waals surface area contributed by atoms with E-state index in [1.54, 1.807) is 0 Å². The summed E-state index contributed by atoms with van der Waals surface area (Å²) in [4.78, 5) is 24.7. The van der Waals surface area contributed by atoms with E-state index in [0.29, 0.717) is 6.54 Å². The van der Waals surface area contributed by atoms with Gasteiger partial charge in [0.1, 0.15) is 6.04 Å². The normalized spacial score (nSPS) is 33.0. The third kappa shape index (κ3) is 3.47. The van der Waals surface area contributed by atoms with Crippen molar-refractivity contribution in [1.29, 1.82) is 0 Å². The highest BCUT2D eigenvalue weighted by Gasteiger charge is 2.38. The maximum Gasteiger partial charge on any atom is 0.240 e. The lowest BCUT2D eigenvalue weighted by molar-refractivity contribution is -0.137. The first kappa shape index (κ1) is 15.2. The van der Waals surface area contributed by atoms with E-state index in [9.17, 15) is 23.1 Å². The lowest BCUT2D eigenvalue weighted by atomic mass is 10.1. The van der Waals surface area contributed by atoms with E-state index in [4.69, 9.17) is 5.73 Å². The van der Waals surface area contributed by atoms with E-state index in [0.717, 1.165) is 0 Å². The smallest absolute Gasteiger partial charge is 0.240 e. The Hall–Kier alpha value is -1.19. The number of rotatable bonds is 3. The summed E-state index contributed by atoms with van der Waals surface area (Å²) in [6.07, 6.45) is -0.646. The molecule has 2 heterocycles. The Morgan fingerprint density at radius 3 is 2.70 bits per heavy atom. The fourth-order valence-corrected chi connectivity index (χ4v) is 4.13. The number of nitrogens with zero attached hydrogens (tertiary/aromatic N) is 1. The summed E-state index contributed by atoms with van der Waals surface area (Å²) in [5.41, 5.74) is 5.21. The second-order valence-electron chi connectivity index (χ2n) is 5.32. The van der Waals surface area contributed by atoms with Crippen molar-refractivity contribution in [3.8, 4) is 0 Å². The zero-order valence-corrected chi connectivity index (χ0v) is 11.8. The molecule has 3 atom stereocenters. The van der Waals surface area contributed by atoms with Crippen molar-refractivity contribution in [1.82, 2.24) is 10.2 Å². The summed E-state index contributed by atoms with van der Waals surface area (Å²) in [7, 11) is -3.12. The molecule has 114 valence electrons. The number of carbonyl (C=O) groups is 2. The molecule has 20 heavy (non-hydrogen) atoms. The first-order valence-electron chi connectivity index (χ1n) is 6.49. The van der Waals surface area contributed by atoms with Gasteiger partial charge in [-0.3, -0.25) is 9.59 Å². The molecule has 8 nitrogen and oxygen atoms in total. The van der Waals surface area contributed by atoms with E-state index in [1.807, 2.05) is 0 Å². The summed E-state index contributed by atoms with van der Waals surface area (Å²) in [6, 6.07) is -1.26. The highest BCUT2D eigenvalue weighted by atomic mass is 32.2. The van der Waals surface area contributed by atoms with Crippen molar-refractivity contribution in [3.63, 3.8) is 0 Å². The van der Waals surface area contributed by atoms with Gasteiger partial charge in [0.05, 0.1) is 17.6 Å². The molecule has 2 rings (SSSR count). The number of nitrogens with two attached hydrogens (primary N) is 1. The number of nitrogens with one attached hydrogen (secondary N) is 1. The molecular weight excluding hydrogens is 286 g/mol. The van der Waals surface area contributed by atoms with Crippen LogP contribution in [0.5, 0.6) is 0 Å². The van der Waals surface area contributed by atoms with Gasteiger partial charge in [-0.25, -0.2) is 8.42 Å². The highest BCUT2D eigenvalue weighted by molar-refractivity contribution is 7.91. The maximum atomic E-state index is 12.2. The van der Waals surface area contributed by atoms with Gasteiger partial charge in [0.2, 0.25) is 11.8 Å². The largest absolute Gasteiger partial charge is 0.391 e. The standard InChI is InChI=1S/C11H19N3O5S/c12-11(17)9-4-8(15)5-14(9)10(16)3-7-6-20(18,19)2-1-13-7/h7-9,13,15H,1-6H2,(H2,12,17). The molecule has 4 N–H and O–H groups in total. The predicted octanol–water partition coefficient (Wildman–Crippen LogP) is -2.79. The Morgan fingerprint density at radius 2 is 2.10 bits per heavy atom. The fraction of sp³-hybridized carbons (Fsp3) is 0.818. The molecule has 2 aliphatic rings. The minimum absolute atomic E-state index is 0.0181. The van der Waals surface area contributed by atoms with Gasteiger partial charge in [0, 0.05) is 32.0 Å². The van der Waals surface area contributed by atoms with Crippen molar-refractivity contribution in [2.24, 2.45) is 5.73 Å². The number of likely N-dealkylation sites (tertiary alicyclic amines) is 1. The van der Waals surface area contributed by atoms with Gasteiger partial charge in [0.15, 0.2) is 9.84 Å². The minimum Gasteiger partial charge on any atom is -0.391 e. The molecule has 0 aromatic heterocycles. The summed E-state index contributed by atoms with van der Waals surface area (Å²) in [6.45, 7) is 0.383. The minimum atomic E-state index is -3.12. The van der Waals surface area contributed by atoms with Crippen LogP contribution in [0.1, 0.15) is 12.8 Å². The molecule has 2 amide bonds. The maximum absolute atomic E-state index is 12.2. The van der Waals surface area contributed by atoms with Crippen LogP contribution < -0.4 is 11.1 Å². The second kappa shape index (κ2) is 5.66. The number of primary amides is 1. The van der Waals surface area contributed by atoms with Gasteiger partial charge in [0.25, 0.3) is 0 Å². The third-order valence-electron chi connectivity index (χ3n) is 3.65. The fourth-order valence-electron chi connectivity index (χ4n) is 2.69. The van der Waals surface area contributed by atoms with E-state index >= 15 is 0 Å². The summed E-state index contributed by atoms with van der Waals surface area (Å²) in [5, 5.41) is 12.5. The monoisotopic (exact) mass is 305 g/mol. The van der Waals surface area contributed by atoms with Crippen LogP contribution in [-0.4, -0.2) is 73.0 Å². The predicted molar refractivity (Wildman–Crippen MR) is 70.4 cm³/mol. The number of carbonyl (C=O) groups excluding carboxylic acids is 2. The first-order chi connectivity index (χ1) is 9.28. The first-order valence-corrected chi connectivity index (χ1v) is 8.31. The van der Waals surface area contributed by atoms with Crippen LogP contribution in [0.3, 0.4) is 0 Å². The van der Waals surface area contributed by atoms with E-state index in [2.05, 4.69) is 5.32 Å². The summed E-state index contributed by atoms with van der Waals surface area (Å²) >= 11 is 0. The van der Waals surface area contributed by atoms with Crippen molar-refractivity contribution in [3.05, 3.63) is 0 Å². The Balaban J connectivity index is 1.99. The Bertz CT molecular complexity index is 506. The van der Waals surface area contributed by atoms with Gasteiger partial charge in [-0.15, -0.1) is 0 Å². The molecule has 0 aliphatic carbocycles. The molecule has 0 aromatic carbocycles. The second-order valence-corrected chi connectivity index (χ2v) is 7.55. The lowest BCUT2D eigenvalue weighted by Gasteiger charge is -2.27. The van der Waals surface area contributed by atoms with Crippen LogP contribution in [0.25, 0.3) is 0 Å². The van der Waals surface area contributed by atoms with Crippen molar-refractivity contribution in [2.45, 2.75) is 31.0 Å². The van der Waals surface area contributed by atoms with Crippen LogP contribution in [0.15, 0.2) is 0 Å². The number of β-amino-alcohol motifs (C(OH)–C–C–N with tert-alkyl or cyclic N) is 1. The van der Waals surface area contributed by atoms with E-state index in [1.165, 1.54) is 4.90 Å². The van der Waals surface area contributed by atoms with Gasteiger partial charge in [-0.2, -0.15) is 0 Å². The quantitative estimate of drug-likeness (QED) is 0.517. The molecule has 2 aliphatic heterocycles. The van der Waals surface area contributed by atoms with Crippen molar-refractivity contribution in [2.75, 3.05) is 24.6 Å². The summed E-state index contributed by atoms with van der Waals surface area (Å²) in [5.74, 6) is -1.03. The number of sulfone groups is 1. The molecule has 0 bridgehead atoms. The average molecular weight is 305 g/mol. The zero-order valence-electron chi connectivity index (χ0n) is 11.0. The average Bonchev–Trinajstić information content (AvgIpc) is 2.70. The molecule has 0 radical (unpaired) electrons. The molecule has 0 aromatic rings. The number of amides is 2. The molecule has 3 unspecified atom stereocenters. The lowest BCUT2D eigenvalue weighted by Crippen LogP contribution is -2.50. The van der Waals surface area contributed by atoms with Crippen LogP contribution in [0.2, 0.25) is 0 Å². The van der Waals surface area contributed by atoms with E-state index in [-0.39, 0.29) is 36.8 Å². The number of aliphatic hydroxyl groups is 1. The zero-order chi connectivity index (χ0) is 14.9. The van der Waals surface area contributed by atoms with Crippen LogP contribution in [0, 0.1) is 0 Å². The topological polar surface area (TPSA) is 130 Å². The van der Waals surface area contributed by atoms with Gasteiger partial charge in [-0.05, 0) is 0 Å². The Labute approximate surface area is 117 Å². The van der Waals surface area contributed by atoms with Crippen molar-refractivity contribution < 1.29 is 23.1 Å². The third-order valence-corrected chi connectivity index (χ3v) is 5.39. The number of hydrogen-bond acceptors (Lipinski definition) is 6. The van der Waals surface area contributed by atoms with Crippen molar-refractivity contribution >= 4 is 21.7 Å². The number of aliphatic hydroxyl groups excluding tert-OH is 1. The molecule has 9 heteroatoms. The molecule has 2 fully saturated rings. The summed E-state index contributed by atoms with van der Waals surface area (Å²) < 4.78 is 23.0. The van der Waals surface area contributed by atoms with Gasteiger partial charge < -0.3 is 21.1 Å². The van der Waals surface area contributed by atoms with Gasteiger partial charge in [-0.1, -0.05) is 0 Å². The Morgan fingerprint density at radius 1 is 1.40 bits per heavy atom. The van der Waals surface area contributed by atoms with Crippen LogP contribution >= 0.6 is 0 Å². The number of hydrogen-bond donors (Lipinski definition) is 3. The SMILES string of the molecule is NC(=O)C1CC(O)CN1C(=O)CC1CS(=O)(=O)CCN1. The Kier molecular flexibility index (Phi) is 4.31. The molecular formula is C11H19N3O5S. The highest BCUT2D eigenvalue weighted by Crippen LogP contribution is 2.19.